The first-order valence-corrected chi connectivity index (χ1v) is 8.70. The van der Waals surface area contributed by atoms with Gasteiger partial charge in [0.05, 0.1) is 19.5 Å². The standard InChI is InChI=1S/C18H20ClNO3S/c1-12(18(21)20-11-13-4-6-14(19)7-5-13)24-15-8-9-16(22-2)17(10-15)23-3/h4-10,12H,11H2,1-3H3,(H,20,21). The van der Waals surface area contributed by atoms with Crippen LogP contribution in [0.15, 0.2) is 47.4 Å². The molecule has 1 atom stereocenters. The smallest absolute Gasteiger partial charge is 0.233 e. The molecule has 1 unspecified atom stereocenters. The molecule has 24 heavy (non-hydrogen) atoms. The number of hydrogen-bond donors (Lipinski definition) is 1. The molecule has 2 rings (SSSR count). The molecular weight excluding hydrogens is 346 g/mol. The van der Waals surface area contributed by atoms with Gasteiger partial charge in [0.1, 0.15) is 0 Å². The molecule has 0 spiro atoms. The molecule has 2 aromatic carbocycles. The van der Waals surface area contributed by atoms with Crippen molar-refractivity contribution in [1.82, 2.24) is 5.32 Å². The fourth-order valence-corrected chi connectivity index (χ4v) is 3.13. The predicted molar refractivity (Wildman–Crippen MR) is 98.2 cm³/mol. The van der Waals surface area contributed by atoms with Crippen LogP contribution in [-0.4, -0.2) is 25.4 Å². The van der Waals surface area contributed by atoms with Gasteiger partial charge in [-0.3, -0.25) is 4.79 Å². The van der Waals surface area contributed by atoms with Crippen molar-refractivity contribution >= 4 is 29.3 Å². The van der Waals surface area contributed by atoms with E-state index in [1.54, 1.807) is 14.2 Å². The molecule has 2 aromatic rings. The van der Waals surface area contributed by atoms with Gasteiger partial charge in [0.25, 0.3) is 0 Å². The second-order valence-corrected chi connectivity index (χ2v) is 6.97. The largest absolute Gasteiger partial charge is 0.493 e. The second-order valence-electron chi connectivity index (χ2n) is 5.12. The van der Waals surface area contributed by atoms with Crippen molar-refractivity contribution in [2.75, 3.05) is 14.2 Å². The minimum Gasteiger partial charge on any atom is -0.493 e. The number of amides is 1. The van der Waals surface area contributed by atoms with Gasteiger partial charge in [-0.2, -0.15) is 0 Å². The molecule has 1 N–H and O–H groups in total. The Balaban J connectivity index is 1.92. The molecule has 0 saturated carbocycles. The summed E-state index contributed by atoms with van der Waals surface area (Å²) in [5, 5.41) is 3.39. The molecule has 0 saturated heterocycles. The Bertz CT molecular complexity index is 691. The van der Waals surface area contributed by atoms with Crippen LogP contribution in [0.1, 0.15) is 12.5 Å². The summed E-state index contributed by atoms with van der Waals surface area (Å²) < 4.78 is 10.5. The van der Waals surface area contributed by atoms with E-state index in [0.29, 0.717) is 23.1 Å². The lowest BCUT2D eigenvalue weighted by molar-refractivity contribution is -0.120. The van der Waals surface area contributed by atoms with Crippen LogP contribution < -0.4 is 14.8 Å². The van der Waals surface area contributed by atoms with Gasteiger partial charge < -0.3 is 14.8 Å². The number of benzene rings is 2. The lowest BCUT2D eigenvalue weighted by atomic mass is 10.2. The van der Waals surface area contributed by atoms with Crippen molar-refractivity contribution in [3.8, 4) is 11.5 Å². The van der Waals surface area contributed by atoms with E-state index in [1.807, 2.05) is 49.4 Å². The van der Waals surface area contributed by atoms with Crippen molar-refractivity contribution < 1.29 is 14.3 Å². The molecular formula is C18H20ClNO3S. The Kier molecular flexibility index (Phi) is 6.82. The van der Waals surface area contributed by atoms with Crippen LogP contribution in [-0.2, 0) is 11.3 Å². The molecule has 0 fully saturated rings. The summed E-state index contributed by atoms with van der Waals surface area (Å²) in [6, 6.07) is 13.0. The first-order valence-electron chi connectivity index (χ1n) is 7.44. The Morgan fingerprint density at radius 1 is 1.12 bits per heavy atom. The zero-order valence-corrected chi connectivity index (χ0v) is 15.4. The van der Waals surface area contributed by atoms with Gasteiger partial charge in [-0.25, -0.2) is 0 Å². The Morgan fingerprint density at radius 2 is 1.79 bits per heavy atom. The van der Waals surface area contributed by atoms with Gasteiger partial charge >= 0.3 is 0 Å². The fourth-order valence-electron chi connectivity index (χ4n) is 2.08. The summed E-state index contributed by atoms with van der Waals surface area (Å²) in [5.41, 5.74) is 1.01. The predicted octanol–water partition coefficient (Wildman–Crippen LogP) is 4.15. The number of methoxy groups -OCH3 is 2. The number of halogens is 1. The number of carbonyl (C=O) groups excluding carboxylic acids is 1. The number of hydrogen-bond acceptors (Lipinski definition) is 4. The quantitative estimate of drug-likeness (QED) is 0.748. The molecule has 1 amide bonds. The molecule has 0 aliphatic rings. The maximum absolute atomic E-state index is 12.3. The molecule has 0 aliphatic carbocycles. The van der Waals surface area contributed by atoms with E-state index in [0.717, 1.165) is 10.5 Å². The van der Waals surface area contributed by atoms with Crippen LogP contribution in [0.5, 0.6) is 11.5 Å². The second kappa shape index (κ2) is 8.85. The summed E-state index contributed by atoms with van der Waals surface area (Å²) in [6.07, 6.45) is 0. The fraction of sp³-hybridized carbons (Fsp3) is 0.278. The van der Waals surface area contributed by atoms with Gasteiger partial charge in [-0.1, -0.05) is 23.7 Å². The van der Waals surface area contributed by atoms with Crippen LogP contribution in [0.2, 0.25) is 5.02 Å². The summed E-state index contributed by atoms with van der Waals surface area (Å²) in [7, 11) is 3.19. The van der Waals surface area contributed by atoms with Gasteiger partial charge in [-0.15, -0.1) is 11.8 Å². The molecule has 0 aliphatic heterocycles. The van der Waals surface area contributed by atoms with Crippen molar-refractivity contribution in [2.24, 2.45) is 0 Å². The van der Waals surface area contributed by atoms with Crippen LogP contribution in [0.4, 0.5) is 0 Å². The summed E-state index contributed by atoms with van der Waals surface area (Å²) >= 11 is 7.32. The zero-order chi connectivity index (χ0) is 17.5. The average molecular weight is 366 g/mol. The number of thioether (sulfide) groups is 1. The third kappa shape index (κ3) is 5.08. The average Bonchev–Trinajstić information content (AvgIpc) is 2.60. The number of rotatable bonds is 7. The highest BCUT2D eigenvalue weighted by atomic mass is 35.5. The van der Waals surface area contributed by atoms with E-state index in [9.17, 15) is 4.79 Å². The van der Waals surface area contributed by atoms with Crippen molar-refractivity contribution in [3.05, 3.63) is 53.1 Å². The van der Waals surface area contributed by atoms with E-state index in [2.05, 4.69) is 5.32 Å². The van der Waals surface area contributed by atoms with Crippen molar-refractivity contribution in [2.45, 2.75) is 23.6 Å². The number of carbonyl (C=O) groups is 1. The maximum atomic E-state index is 12.3. The summed E-state index contributed by atoms with van der Waals surface area (Å²) in [4.78, 5) is 13.2. The SMILES string of the molecule is COc1ccc(SC(C)C(=O)NCc2ccc(Cl)cc2)cc1OC. The van der Waals surface area contributed by atoms with E-state index in [4.69, 9.17) is 21.1 Å². The third-order valence-corrected chi connectivity index (χ3v) is 4.76. The normalized spacial score (nSPS) is 11.7. The Morgan fingerprint density at radius 3 is 2.42 bits per heavy atom. The highest BCUT2D eigenvalue weighted by Crippen LogP contribution is 2.33. The molecule has 6 heteroatoms. The topological polar surface area (TPSA) is 47.6 Å². The molecule has 0 heterocycles. The van der Waals surface area contributed by atoms with Crippen molar-refractivity contribution in [1.29, 1.82) is 0 Å². The first-order chi connectivity index (χ1) is 11.5. The van der Waals surface area contributed by atoms with Crippen LogP contribution in [0.25, 0.3) is 0 Å². The van der Waals surface area contributed by atoms with Gasteiger partial charge in [0.15, 0.2) is 11.5 Å². The summed E-state index contributed by atoms with van der Waals surface area (Å²) in [6.45, 7) is 2.35. The molecule has 4 nitrogen and oxygen atoms in total. The summed E-state index contributed by atoms with van der Waals surface area (Å²) in [5.74, 6) is 1.29. The lowest BCUT2D eigenvalue weighted by Crippen LogP contribution is -2.30. The highest BCUT2D eigenvalue weighted by Gasteiger charge is 2.15. The van der Waals surface area contributed by atoms with Crippen LogP contribution >= 0.6 is 23.4 Å². The van der Waals surface area contributed by atoms with E-state index in [-0.39, 0.29) is 11.2 Å². The van der Waals surface area contributed by atoms with Gasteiger partial charge in [-0.05, 0) is 42.8 Å². The Hall–Kier alpha value is -1.85. The Labute approximate surface area is 151 Å². The first kappa shape index (κ1) is 18.5. The monoisotopic (exact) mass is 365 g/mol. The number of ether oxygens (including phenoxy) is 2. The molecule has 128 valence electrons. The van der Waals surface area contributed by atoms with Crippen molar-refractivity contribution in [3.63, 3.8) is 0 Å². The molecule has 0 bridgehead atoms. The number of nitrogens with one attached hydrogen (secondary N) is 1. The highest BCUT2D eigenvalue weighted by molar-refractivity contribution is 8.00. The van der Waals surface area contributed by atoms with E-state index in [1.165, 1.54) is 11.8 Å². The van der Waals surface area contributed by atoms with Crippen LogP contribution in [0.3, 0.4) is 0 Å². The molecule has 0 aromatic heterocycles. The van der Waals surface area contributed by atoms with E-state index < -0.39 is 0 Å². The maximum Gasteiger partial charge on any atom is 0.233 e. The molecule has 0 radical (unpaired) electrons. The van der Waals surface area contributed by atoms with Gasteiger partial charge in [0.2, 0.25) is 5.91 Å². The van der Waals surface area contributed by atoms with Crippen LogP contribution in [0, 0.1) is 0 Å². The van der Waals surface area contributed by atoms with Gasteiger partial charge in [0, 0.05) is 16.5 Å². The minimum absolute atomic E-state index is 0.0234. The third-order valence-electron chi connectivity index (χ3n) is 3.42. The lowest BCUT2D eigenvalue weighted by Gasteiger charge is -2.14. The minimum atomic E-state index is -0.226. The van der Waals surface area contributed by atoms with E-state index >= 15 is 0 Å². The zero-order valence-electron chi connectivity index (χ0n) is 13.8.